The van der Waals surface area contributed by atoms with E-state index < -0.39 is 11.7 Å². The van der Waals surface area contributed by atoms with Crippen LogP contribution in [0.15, 0.2) is 17.4 Å². The zero-order valence-corrected chi connectivity index (χ0v) is 10.9. The molecule has 1 aliphatic heterocycles. The average Bonchev–Trinajstić information content (AvgIpc) is 2.84. The number of rotatable bonds is 4. The highest BCUT2D eigenvalue weighted by Gasteiger charge is 2.31. The zero-order valence-electron chi connectivity index (χ0n) is 10.1. The van der Waals surface area contributed by atoms with Crippen LogP contribution in [0.5, 0.6) is 0 Å². The average molecular weight is 310 g/mol. The SMILES string of the molecule is OCC1=NOC(CNc2ncc(C(F)(F)F)cc2Cl)C1. The van der Waals surface area contributed by atoms with Crippen LogP contribution >= 0.6 is 11.6 Å². The van der Waals surface area contributed by atoms with Gasteiger partial charge in [-0.1, -0.05) is 16.8 Å². The summed E-state index contributed by atoms with van der Waals surface area (Å²) in [5.74, 6) is 0.140. The van der Waals surface area contributed by atoms with Crippen molar-refractivity contribution in [1.82, 2.24) is 4.98 Å². The number of nitrogens with one attached hydrogen (secondary N) is 1. The molecule has 20 heavy (non-hydrogen) atoms. The molecule has 0 radical (unpaired) electrons. The molecule has 0 amide bonds. The summed E-state index contributed by atoms with van der Waals surface area (Å²) in [6.07, 6.45) is -3.63. The topological polar surface area (TPSA) is 66.7 Å². The van der Waals surface area contributed by atoms with E-state index in [9.17, 15) is 13.2 Å². The molecule has 0 aromatic carbocycles. The molecule has 1 unspecified atom stereocenters. The maximum absolute atomic E-state index is 12.4. The van der Waals surface area contributed by atoms with E-state index in [4.69, 9.17) is 21.5 Å². The van der Waals surface area contributed by atoms with Crippen molar-refractivity contribution in [2.24, 2.45) is 5.16 Å². The van der Waals surface area contributed by atoms with Crippen molar-refractivity contribution < 1.29 is 23.1 Å². The molecule has 0 spiro atoms. The summed E-state index contributed by atoms with van der Waals surface area (Å²) in [7, 11) is 0. The fourth-order valence-corrected chi connectivity index (χ4v) is 1.86. The largest absolute Gasteiger partial charge is 0.417 e. The first-order valence-electron chi connectivity index (χ1n) is 5.69. The Bertz CT molecular complexity index is 522. The molecule has 0 aliphatic carbocycles. The number of hydrogen-bond donors (Lipinski definition) is 2. The number of aliphatic hydroxyl groups excluding tert-OH is 1. The fraction of sp³-hybridized carbons (Fsp3) is 0.455. The van der Waals surface area contributed by atoms with E-state index >= 15 is 0 Å². The van der Waals surface area contributed by atoms with E-state index in [-0.39, 0.29) is 30.1 Å². The van der Waals surface area contributed by atoms with E-state index in [0.29, 0.717) is 18.3 Å². The molecule has 0 bridgehead atoms. The lowest BCUT2D eigenvalue weighted by Gasteiger charge is -2.13. The summed E-state index contributed by atoms with van der Waals surface area (Å²) in [6, 6.07) is 0.808. The lowest BCUT2D eigenvalue weighted by atomic mass is 10.2. The molecule has 2 rings (SSSR count). The Balaban J connectivity index is 1.94. The van der Waals surface area contributed by atoms with Crippen molar-refractivity contribution in [1.29, 1.82) is 0 Å². The number of aliphatic hydroxyl groups is 1. The van der Waals surface area contributed by atoms with Gasteiger partial charge in [-0.25, -0.2) is 4.98 Å². The lowest BCUT2D eigenvalue weighted by Crippen LogP contribution is -2.21. The molecule has 0 saturated carbocycles. The summed E-state index contributed by atoms with van der Waals surface area (Å²) >= 11 is 5.74. The third-order valence-corrected chi connectivity index (χ3v) is 2.93. The molecule has 1 aromatic rings. The number of oxime groups is 1. The van der Waals surface area contributed by atoms with Crippen LogP contribution in [-0.4, -0.2) is 35.1 Å². The van der Waals surface area contributed by atoms with Gasteiger partial charge in [-0.15, -0.1) is 0 Å². The van der Waals surface area contributed by atoms with Gasteiger partial charge in [0.2, 0.25) is 0 Å². The molecule has 1 aliphatic rings. The normalized spacial score (nSPS) is 18.6. The predicted octanol–water partition coefficient (Wildman–Crippen LogP) is 2.30. The van der Waals surface area contributed by atoms with Crippen molar-refractivity contribution in [3.8, 4) is 0 Å². The molecule has 0 fully saturated rings. The quantitative estimate of drug-likeness (QED) is 0.895. The van der Waals surface area contributed by atoms with Gasteiger partial charge in [0.25, 0.3) is 0 Å². The third-order valence-electron chi connectivity index (χ3n) is 2.64. The van der Waals surface area contributed by atoms with Gasteiger partial charge in [-0.05, 0) is 6.07 Å². The van der Waals surface area contributed by atoms with Crippen LogP contribution in [0.2, 0.25) is 5.02 Å². The summed E-state index contributed by atoms with van der Waals surface area (Å²) in [5.41, 5.74) is -0.389. The van der Waals surface area contributed by atoms with Crippen molar-refractivity contribution in [2.75, 3.05) is 18.5 Å². The molecule has 110 valence electrons. The van der Waals surface area contributed by atoms with Crippen LogP contribution in [-0.2, 0) is 11.0 Å². The minimum absolute atomic E-state index is 0.124. The first-order chi connectivity index (χ1) is 9.40. The van der Waals surface area contributed by atoms with Crippen molar-refractivity contribution in [3.63, 3.8) is 0 Å². The van der Waals surface area contributed by atoms with Crippen LogP contribution in [0.1, 0.15) is 12.0 Å². The standard InChI is InChI=1S/C11H11ClF3N3O2/c12-9-1-6(11(13,14)15)3-16-10(9)17-4-8-2-7(5-19)18-20-8/h1,3,8,19H,2,4-5H2,(H,16,17). The monoisotopic (exact) mass is 309 g/mol. The Morgan fingerprint density at radius 1 is 1.50 bits per heavy atom. The second-order valence-electron chi connectivity index (χ2n) is 4.18. The Morgan fingerprint density at radius 2 is 2.25 bits per heavy atom. The highest BCUT2D eigenvalue weighted by Crippen LogP contribution is 2.32. The summed E-state index contributed by atoms with van der Waals surface area (Å²) in [6.45, 7) is 0.0842. The maximum Gasteiger partial charge on any atom is 0.417 e. The van der Waals surface area contributed by atoms with Crippen LogP contribution in [0.25, 0.3) is 0 Å². The highest BCUT2D eigenvalue weighted by atomic mass is 35.5. The van der Waals surface area contributed by atoms with Gasteiger partial charge in [-0.3, -0.25) is 0 Å². The number of halogens is 4. The minimum atomic E-state index is -4.48. The zero-order chi connectivity index (χ0) is 14.8. The first-order valence-corrected chi connectivity index (χ1v) is 6.07. The molecular formula is C11H11ClF3N3O2. The number of nitrogens with zero attached hydrogens (tertiary/aromatic N) is 2. The molecule has 2 N–H and O–H groups in total. The molecule has 5 nitrogen and oxygen atoms in total. The van der Waals surface area contributed by atoms with Gasteiger partial charge in [-0.2, -0.15) is 13.2 Å². The lowest BCUT2D eigenvalue weighted by molar-refractivity contribution is -0.137. The molecule has 1 aromatic heterocycles. The summed E-state index contributed by atoms with van der Waals surface area (Å²) < 4.78 is 37.3. The minimum Gasteiger partial charge on any atom is -0.390 e. The van der Waals surface area contributed by atoms with E-state index in [2.05, 4.69) is 15.5 Å². The van der Waals surface area contributed by atoms with Crippen molar-refractivity contribution >= 4 is 23.1 Å². The third kappa shape index (κ3) is 3.51. The van der Waals surface area contributed by atoms with Gasteiger partial charge in [0.1, 0.15) is 11.9 Å². The Kier molecular flexibility index (Phi) is 4.34. The maximum atomic E-state index is 12.4. The molecule has 9 heteroatoms. The number of anilines is 1. The van der Waals surface area contributed by atoms with Crippen LogP contribution < -0.4 is 5.32 Å². The second kappa shape index (κ2) is 5.84. The van der Waals surface area contributed by atoms with Gasteiger partial charge < -0.3 is 15.3 Å². The smallest absolute Gasteiger partial charge is 0.390 e. The van der Waals surface area contributed by atoms with Crippen LogP contribution in [0, 0.1) is 0 Å². The fourth-order valence-electron chi connectivity index (χ4n) is 1.62. The Morgan fingerprint density at radius 3 is 2.80 bits per heavy atom. The summed E-state index contributed by atoms with van der Waals surface area (Å²) in [4.78, 5) is 8.65. The molecule has 0 saturated heterocycles. The summed E-state index contributed by atoms with van der Waals surface area (Å²) in [5, 5.41) is 15.2. The predicted molar refractivity (Wildman–Crippen MR) is 66.7 cm³/mol. The molecule has 2 heterocycles. The number of hydrogen-bond acceptors (Lipinski definition) is 5. The number of pyridine rings is 1. The van der Waals surface area contributed by atoms with Crippen molar-refractivity contribution in [3.05, 3.63) is 22.8 Å². The second-order valence-corrected chi connectivity index (χ2v) is 4.59. The molecule has 1 atom stereocenters. The van der Waals surface area contributed by atoms with Crippen LogP contribution in [0.3, 0.4) is 0 Å². The Hall–Kier alpha value is -1.54. The van der Waals surface area contributed by atoms with E-state index in [1.165, 1.54) is 0 Å². The van der Waals surface area contributed by atoms with Gasteiger partial charge in [0.05, 0.1) is 29.4 Å². The van der Waals surface area contributed by atoms with Gasteiger partial charge in [0.15, 0.2) is 0 Å². The number of alkyl halides is 3. The Labute approximate surface area is 117 Å². The highest BCUT2D eigenvalue weighted by molar-refractivity contribution is 6.32. The van der Waals surface area contributed by atoms with Gasteiger partial charge in [0, 0.05) is 12.6 Å². The first kappa shape index (κ1) is 14.9. The van der Waals surface area contributed by atoms with Gasteiger partial charge >= 0.3 is 6.18 Å². The van der Waals surface area contributed by atoms with Crippen LogP contribution in [0.4, 0.5) is 19.0 Å². The van der Waals surface area contributed by atoms with E-state index in [1.54, 1.807) is 0 Å². The molecular weight excluding hydrogens is 299 g/mol. The van der Waals surface area contributed by atoms with E-state index in [1.807, 2.05) is 0 Å². The number of aromatic nitrogens is 1. The van der Waals surface area contributed by atoms with Crippen molar-refractivity contribution in [2.45, 2.75) is 18.7 Å². The van der Waals surface area contributed by atoms with E-state index in [0.717, 1.165) is 6.07 Å².